The minimum atomic E-state index is -1.70. The van der Waals surface area contributed by atoms with Gasteiger partial charge in [-0.15, -0.1) is 0 Å². The highest BCUT2D eigenvalue weighted by Crippen LogP contribution is 2.42. The highest BCUT2D eigenvalue weighted by molar-refractivity contribution is 6.31. The number of nitrogens with zero attached hydrogens (tertiary/aromatic N) is 1. The molecule has 8 nitrogen and oxygen atoms in total. The van der Waals surface area contributed by atoms with E-state index in [0.717, 1.165) is 16.5 Å². The maximum absolute atomic E-state index is 14.3. The molecule has 222 valence electrons. The van der Waals surface area contributed by atoms with E-state index in [0.29, 0.717) is 32.4 Å². The van der Waals surface area contributed by atoms with Crippen molar-refractivity contribution in [1.29, 1.82) is 0 Å². The van der Waals surface area contributed by atoms with E-state index in [-0.39, 0.29) is 13.0 Å². The third kappa shape index (κ3) is 5.92. The maximum atomic E-state index is 14.3. The van der Waals surface area contributed by atoms with Gasteiger partial charge in [-0.05, 0) is 41.5 Å². The molecule has 0 spiro atoms. The summed E-state index contributed by atoms with van der Waals surface area (Å²) in [5, 5.41) is 14.3. The smallest absolute Gasteiger partial charge is 0.326 e. The number of amides is 2. The summed E-state index contributed by atoms with van der Waals surface area (Å²) in [6.07, 6.45) is -0.954. The molecule has 1 aliphatic rings. The number of aromatic nitrogens is 1. The molecule has 2 heterocycles. The van der Waals surface area contributed by atoms with Crippen LogP contribution in [0.25, 0.3) is 10.9 Å². The standard InChI is InChI=1S/C34H27Cl2N3O5/c35-22-14-15-29-25(17-22)30(24-11-4-6-12-26(24)36)44-31(33(41)39(29)19-20-8-2-1-3-9-20)32(40)38-28(34(42)43)16-21-18-37-27-13-7-5-10-23(21)27/h1-15,17-18,28,30-31,37H,16,19H2,(H,38,40)(H,42,43)/t28-,30+,31+/m0/s1. The molecule has 1 aromatic heterocycles. The number of aliphatic carboxylic acids is 1. The van der Waals surface area contributed by atoms with E-state index in [1.165, 1.54) is 4.90 Å². The van der Waals surface area contributed by atoms with Gasteiger partial charge >= 0.3 is 5.97 Å². The number of hydrogen-bond acceptors (Lipinski definition) is 4. The van der Waals surface area contributed by atoms with Crippen LogP contribution in [0.15, 0.2) is 103 Å². The second-order valence-electron chi connectivity index (χ2n) is 10.5. The first-order valence-corrected chi connectivity index (χ1v) is 14.7. The van der Waals surface area contributed by atoms with Crippen molar-refractivity contribution in [3.8, 4) is 0 Å². The highest BCUT2D eigenvalue weighted by Gasteiger charge is 2.42. The topological polar surface area (TPSA) is 112 Å². The minimum absolute atomic E-state index is 0.0104. The first-order valence-electron chi connectivity index (χ1n) is 13.9. The molecule has 0 aliphatic carbocycles. The Morgan fingerprint density at radius 3 is 2.43 bits per heavy atom. The largest absolute Gasteiger partial charge is 0.480 e. The SMILES string of the molecule is O=C(N[C@@H](Cc1c[nH]c2ccccc12)C(=O)O)[C@H]1O[C@H](c2ccccc2Cl)c2cc(Cl)ccc2N(Cc2ccccc2)C1=O. The molecule has 2 amide bonds. The molecule has 10 heteroatoms. The molecule has 1 aliphatic heterocycles. The molecular weight excluding hydrogens is 601 g/mol. The number of ether oxygens (including phenoxy) is 1. The summed E-state index contributed by atoms with van der Waals surface area (Å²) in [4.78, 5) is 45.2. The van der Waals surface area contributed by atoms with E-state index in [4.69, 9.17) is 27.9 Å². The lowest BCUT2D eigenvalue weighted by atomic mass is 9.99. The zero-order valence-electron chi connectivity index (χ0n) is 23.2. The van der Waals surface area contributed by atoms with Gasteiger partial charge in [0.15, 0.2) is 0 Å². The van der Waals surface area contributed by atoms with Crippen LogP contribution in [0.5, 0.6) is 0 Å². The second-order valence-corrected chi connectivity index (χ2v) is 11.3. The molecule has 0 radical (unpaired) electrons. The number of carboxylic acids is 1. The van der Waals surface area contributed by atoms with Gasteiger partial charge in [0.05, 0.1) is 12.2 Å². The molecule has 0 fully saturated rings. The van der Waals surface area contributed by atoms with Crippen molar-refractivity contribution in [2.75, 3.05) is 4.90 Å². The molecular formula is C34H27Cl2N3O5. The molecule has 5 aromatic rings. The third-order valence-electron chi connectivity index (χ3n) is 7.65. The van der Waals surface area contributed by atoms with Crippen molar-refractivity contribution in [2.24, 2.45) is 0 Å². The Balaban J connectivity index is 1.39. The predicted molar refractivity (Wildman–Crippen MR) is 169 cm³/mol. The summed E-state index contributed by atoms with van der Waals surface area (Å²) in [7, 11) is 0. The third-order valence-corrected chi connectivity index (χ3v) is 8.23. The van der Waals surface area contributed by atoms with E-state index >= 15 is 0 Å². The fraction of sp³-hybridized carbons (Fsp3) is 0.147. The number of nitrogens with one attached hydrogen (secondary N) is 2. The molecule has 3 atom stereocenters. The number of benzene rings is 4. The Morgan fingerprint density at radius 2 is 1.66 bits per heavy atom. The zero-order valence-corrected chi connectivity index (χ0v) is 24.8. The Morgan fingerprint density at radius 1 is 0.932 bits per heavy atom. The van der Waals surface area contributed by atoms with E-state index < -0.39 is 36.0 Å². The van der Waals surface area contributed by atoms with Gasteiger partial charge < -0.3 is 25.0 Å². The van der Waals surface area contributed by atoms with Crippen LogP contribution < -0.4 is 10.2 Å². The summed E-state index contributed by atoms with van der Waals surface area (Å²) in [5.74, 6) is -2.78. The lowest BCUT2D eigenvalue weighted by Crippen LogP contribution is -2.52. The van der Waals surface area contributed by atoms with E-state index in [9.17, 15) is 19.5 Å². The number of hydrogen-bond donors (Lipinski definition) is 3. The quantitative estimate of drug-likeness (QED) is 0.175. The van der Waals surface area contributed by atoms with Gasteiger partial charge in [0, 0.05) is 44.7 Å². The number of carbonyl (C=O) groups excluding carboxylic acids is 2. The molecule has 0 bridgehead atoms. The average Bonchev–Trinajstić information content (AvgIpc) is 3.39. The molecule has 3 N–H and O–H groups in total. The number of fused-ring (bicyclic) bond motifs is 2. The van der Waals surface area contributed by atoms with Gasteiger partial charge in [-0.25, -0.2) is 4.79 Å². The molecule has 4 aromatic carbocycles. The number of carboxylic acid groups (broad SMARTS) is 1. The van der Waals surface area contributed by atoms with Crippen molar-refractivity contribution >= 4 is 57.6 Å². The minimum Gasteiger partial charge on any atom is -0.480 e. The Labute approximate surface area is 263 Å². The number of aromatic amines is 1. The van der Waals surface area contributed by atoms with Gasteiger partial charge in [0.2, 0.25) is 6.10 Å². The fourth-order valence-electron chi connectivity index (χ4n) is 5.51. The van der Waals surface area contributed by atoms with E-state index in [1.807, 2.05) is 54.6 Å². The summed E-state index contributed by atoms with van der Waals surface area (Å²) >= 11 is 13.0. The number of H-pyrrole nitrogens is 1. The fourth-order valence-corrected chi connectivity index (χ4v) is 5.92. The summed E-state index contributed by atoms with van der Waals surface area (Å²) in [6.45, 7) is 0.133. The Hall–Kier alpha value is -4.63. The van der Waals surface area contributed by atoms with Gasteiger partial charge in [0.1, 0.15) is 12.1 Å². The van der Waals surface area contributed by atoms with Crippen molar-refractivity contribution in [1.82, 2.24) is 10.3 Å². The van der Waals surface area contributed by atoms with Crippen molar-refractivity contribution in [3.63, 3.8) is 0 Å². The van der Waals surface area contributed by atoms with Crippen LogP contribution in [0.3, 0.4) is 0 Å². The summed E-state index contributed by atoms with van der Waals surface area (Å²) in [6, 6.07) is 27.5. The molecule has 6 rings (SSSR count). The van der Waals surface area contributed by atoms with Crippen molar-refractivity contribution in [2.45, 2.75) is 31.2 Å². The number of carbonyl (C=O) groups is 3. The van der Waals surface area contributed by atoms with Crippen LogP contribution in [0.2, 0.25) is 10.0 Å². The van der Waals surface area contributed by atoms with Crippen LogP contribution in [0, 0.1) is 0 Å². The van der Waals surface area contributed by atoms with Crippen LogP contribution in [-0.2, 0) is 32.1 Å². The average molecular weight is 629 g/mol. The highest BCUT2D eigenvalue weighted by atomic mass is 35.5. The Bertz CT molecular complexity index is 1860. The molecule has 44 heavy (non-hydrogen) atoms. The van der Waals surface area contributed by atoms with Crippen LogP contribution >= 0.6 is 23.2 Å². The van der Waals surface area contributed by atoms with Crippen LogP contribution in [0.4, 0.5) is 5.69 Å². The zero-order chi connectivity index (χ0) is 30.8. The van der Waals surface area contributed by atoms with Gasteiger partial charge in [-0.1, -0.05) is 89.9 Å². The lowest BCUT2D eigenvalue weighted by Gasteiger charge is -2.25. The van der Waals surface area contributed by atoms with Crippen LogP contribution in [-0.4, -0.2) is 40.0 Å². The van der Waals surface area contributed by atoms with E-state index in [1.54, 1.807) is 48.7 Å². The van der Waals surface area contributed by atoms with Gasteiger partial charge in [-0.2, -0.15) is 0 Å². The van der Waals surface area contributed by atoms with E-state index in [2.05, 4.69) is 10.3 Å². The summed E-state index contributed by atoms with van der Waals surface area (Å²) < 4.78 is 6.34. The lowest BCUT2D eigenvalue weighted by molar-refractivity contribution is -0.150. The van der Waals surface area contributed by atoms with Gasteiger partial charge in [-0.3, -0.25) is 9.59 Å². The monoisotopic (exact) mass is 627 g/mol. The Kier molecular flexibility index (Phi) is 8.39. The maximum Gasteiger partial charge on any atom is 0.326 e. The molecule has 0 saturated carbocycles. The molecule has 0 unspecified atom stereocenters. The van der Waals surface area contributed by atoms with Gasteiger partial charge in [0.25, 0.3) is 11.8 Å². The van der Waals surface area contributed by atoms with Crippen molar-refractivity contribution in [3.05, 3.63) is 136 Å². The normalized spacial score (nSPS) is 17.1. The second kappa shape index (κ2) is 12.5. The van der Waals surface area contributed by atoms with Crippen molar-refractivity contribution < 1.29 is 24.2 Å². The number of anilines is 1. The number of rotatable bonds is 8. The van der Waals surface area contributed by atoms with Crippen LogP contribution in [0.1, 0.15) is 28.4 Å². The number of para-hydroxylation sites is 1. The predicted octanol–water partition coefficient (Wildman–Crippen LogP) is 6.31. The first kappa shape index (κ1) is 29.4. The number of halogens is 2. The molecule has 0 saturated heterocycles. The first-order chi connectivity index (χ1) is 21.3. The summed E-state index contributed by atoms with van der Waals surface area (Å²) in [5.41, 5.74) is 3.94.